The largest absolute Gasteiger partial charge is 0.480 e. The smallest absolute Gasteiger partial charge is 0.326 e. The van der Waals surface area contributed by atoms with Gasteiger partial charge in [0.25, 0.3) is 5.91 Å². The fourth-order valence-electron chi connectivity index (χ4n) is 2.84. The molecule has 25 heavy (non-hydrogen) atoms. The van der Waals surface area contributed by atoms with E-state index in [2.05, 4.69) is 15.4 Å². The number of aromatic nitrogens is 3. The molecular formula is C17H17ClN4O3. The summed E-state index contributed by atoms with van der Waals surface area (Å²) in [5, 5.41) is 16.7. The van der Waals surface area contributed by atoms with Gasteiger partial charge in [-0.2, -0.15) is 0 Å². The highest BCUT2D eigenvalue weighted by Gasteiger charge is 2.38. The quantitative estimate of drug-likeness (QED) is 0.824. The van der Waals surface area contributed by atoms with E-state index in [4.69, 9.17) is 11.6 Å². The maximum Gasteiger partial charge on any atom is 0.326 e. The SMILES string of the molecule is O=C(NC(C(=O)O)C1CC1)c1nc(C2CC2)n(-c2ccccc2Cl)n1. The van der Waals surface area contributed by atoms with Crippen LogP contribution in [-0.2, 0) is 4.79 Å². The van der Waals surface area contributed by atoms with Crippen molar-refractivity contribution in [2.75, 3.05) is 0 Å². The molecule has 1 aromatic heterocycles. The van der Waals surface area contributed by atoms with E-state index in [1.165, 1.54) is 0 Å². The molecule has 2 aliphatic rings. The number of halogens is 1. The van der Waals surface area contributed by atoms with Crippen LogP contribution < -0.4 is 5.32 Å². The highest BCUT2D eigenvalue weighted by Crippen LogP contribution is 2.40. The van der Waals surface area contributed by atoms with E-state index in [0.717, 1.165) is 25.7 Å². The van der Waals surface area contributed by atoms with Gasteiger partial charge in [0, 0.05) is 5.92 Å². The molecule has 0 radical (unpaired) electrons. The third kappa shape index (κ3) is 3.24. The minimum absolute atomic E-state index is 0.00462. The number of carbonyl (C=O) groups is 2. The van der Waals surface area contributed by atoms with E-state index >= 15 is 0 Å². The number of aliphatic carboxylic acids is 1. The molecule has 0 aliphatic heterocycles. The van der Waals surface area contributed by atoms with E-state index in [9.17, 15) is 14.7 Å². The molecule has 4 rings (SSSR count). The molecule has 7 nitrogen and oxygen atoms in total. The van der Waals surface area contributed by atoms with Crippen LogP contribution in [0.1, 0.15) is 48.0 Å². The molecule has 2 N–H and O–H groups in total. The molecule has 1 aromatic carbocycles. The summed E-state index contributed by atoms with van der Waals surface area (Å²) in [4.78, 5) is 28.2. The van der Waals surface area contributed by atoms with Gasteiger partial charge in [-0.05, 0) is 43.7 Å². The molecule has 8 heteroatoms. The maximum atomic E-state index is 12.5. The van der Waals surface area contributed by atoms with Crippen molar-refractivity contribution in [3.8, 4) is 5.69 Å². The molecule has 1 heterocycles. The third-order valence-corrected chi connectivity index (χ3v) is 4.82. The summed E-state index contributed by atoms with van der Waals surface area (Å²) >= 11 is 6.25. The second kappa shape index (κ2) is 6.15. The van der Waals surface area contributed by atoms with Crippen molar-refractivity contribution >= 4 is 23.5 Å². The molecule has 0 spiro atoms. The Hall–Kier alpha value is -2.41. The minimum atomic E-state index is -1.02. The second-order valence-corrected chi connectivity index (χ2v) is 6.97. The van der Waals surface area contributed by atoms with Crippen molar-refractivity contribution in [2.45, 2.75) is 37.6 Å². The first kappa shape index (κ1) is 16.1. The fraction of sp³-hybridized carbons (Fsp3) is 0.412. The van der Waals surface area contributed by atoms with Gasteiger partial charge < -0.3 is 10.4 Å². The van der Waals surface area contributed by atoms with Crippen molar-refractivity contribution in [1.82, 2.24) is 20.1 Å². The zero-order chi connectivity index (χ0) is 17.6. The number of benzene rings is 1. The van der Waals surface area contributed by atoms with Crippen LogP contribution in [0, 0.1) is 5.92 Å². The van der Waals surface area contributed by atoms with E-state index < -0.39 is 17.9 Å². The third-order valence-electron chi connectivity index (χ3n) is 4.50. The first-order chi connectivity index (χ1) is 12.0. The molecule has 2 aliphatic carbocycles. The lowest BCUT2D eigenvalue weighted by atomic mass is 10.2. The Morgan fingerprint density at radius 3 is 2.56 bits per heavy atom. The molecule has 0 bridgehead atoms. The number of carboxylic acids is 1. The maximum absolute atomic E-state index is 12.5. The predicted octanol–water partition coefficient (Wildman–Crippen LogP) is 2.39. The van der Waals surface area contributed by atoms with Gasteiger partial charge in [0.15, 0.2) is 0 Å². The van der Waals surface area contributed by atoms with Crippen LogP contribution in [0.25, 0.3) is 5.69 Å². The van der Waals surface area contributed by atoms with E-state index in [1.54, 1.807) is 10.7 Å². The number of carbonyl (C=O) groups excluding carboxylic acids is 1. The first-order valence-electron chi connectivity index (χ1n) is 8.30. The van der Waals surface area contributed by atoms with E-state index in [0.29, 0.717) is 16.5 Å². The molecule has 130 valence electrons. The number of para-hydroxylation sites is 1. The van der Waals surface area contributed by atoms with Gasteiger partial charge in [-0.15, -0.1) is 5.10 Å². The zero-order valence-electron chi connectivity index (χ0n) is 13.4. The van der Waals surface area contributed by atoms with Crippen LogP contribution in [0.3, 0.4) is 0 Å². The molecule has 2 aromatic rings. The van der Waals surface area contributed by atoms with E-state index in [-0.39, 0.29) is 17.7 Å². The molecule has 0 saturated heterocycles. The molecule has 1 amide bonds. The first-order valence-corrected chi connectivity index (χ1v) is 8.68. The van der Waals surface area contributed by atoms with Crippen LogP contribution in [-0.4, -0.2) is 37.8 Å². The summed E-state index contributed by atoms with van der Waals surface area (Å²) < 4.78 is 1.60. The highest BCUT2D eigenvalue weighted by molar-refractivity contribution is 6.32. The Kier molecular flexibility index (Phi) is 3.95. The Labute approximate surface area is 149 Å². The predicted molar refractivity (Wildman–Crippen MR) is 90.0 cm³/mol. The van der Waals surface area contributed by atoms with Gasteiger partial charge in [-0.25, -0.2) is 14.5 Å². The van der Waals surface area contributed by atoms with Gasteiger partial charge in [0.2, 0.25) is 5.82 Å². The zero-order valence-corrected chi connectivity index (χ0v) is 14.1. The molecule has 1 unspecified atom stereocenters. The lowest BCUT2D eigenvalue weighted by Gasteiger charge is -2.11. The number of nitrogens with zero attached hydrogens (tertiary/aromatic N) is 3. The van der Waals surface area contributed by atoms with Crippen LogP contribution in [0.4, 0.5) is 0 Å². The van der Waals surface area contributed by atoms with Crippen LogP contribution in [0.15, 0.2) is 24.3 Å². The molecule has 2 fully saturated rings. The number of rotatable bonds is 6. The Morgan fingerprint density at radius 1 is 1.24 bits per heavy atom. The number of carboxylic acid groups (broad SMARTS) is 1. The fourth-order valence-corrected chi connectivity index (χ4v) is 3.06. The van der Waals surface area contributed by atoms with Gasteiger partial charge in [-0.1, -0.05) is 23.7 Å². The monoisotopic (exact) mass is 360 g/mol. The van der Waals surface area contributed by atoms with Crippen molar-refractivity contribution in [1.29, 1.82) is 0 Å². The number of amides is 1. The van der Waals surface area contributed by atoms with Crippen LogP contribution in [0.5, 0.6) is 0 Å². The van der Waals surface area contributed by atoms with Gasteiger partial charge in [0.05, 0.1) is 10.7 Å². The number of hydrogen-bond donors (Lipinski definition) is 2. The molecular weight excluding hydrogens is 344 g/mol. The minimum Gasteiger partial charge on any atom is -0.480 e. The summed E-state index contributed by atoms with van der Waals surface area (Å²) in [5.74, 6) is -0.667. The standard InChI is InChI=1S/C17H17ClN4O3/c18-11-3-1-2-4-12(11)22-15(10-7-8-10)20-14(21-22)16(23)19-13(17(24)25)9-5-6-9/h1-4,9-10,13H,5-8H2,(H,19,23)(H,24,25). The Balaban J connectivity index is 1.64. The van der Waals surface area contributed by atoms with Gasteiger partial charge in [0.1, 0.15) is 11.9 Å². The van der Waals surface area contributed by atoms with E-state index in [1.807, 2.05) is 18.2 Å². The topological polar surface area (TPSA) is 97.1 Å². The average molecular weight is 361 g/mol. The molecule has 1 atom stereocenters. The van der Waals surface area contributed by atoms with Crippen molar-refractivity contribution in [3.63, 3.8) is 0 Å². The summed E-state index contributed by atoms with van der Waals surface area (Å²) in [6.45, 7) is 0. The summed E-state index contributed by atoms with van der Waals surface area (Å²) in [6, 6.07) is 6.34. The lowest BCUT2D eigenvalue weighted by molar-refractivity contribution is -0.139. The Bertz CT molecular complexity index is 842. The highest BCUT2D eigenvalue weighted by atomic mass is 35.5. The Morgan fingerprint density at radius 2 is 1.96 bits per heavy atom. The van der Waals surface area contributed by atoms with Crippen LogP contribution >= 0.6 is 11.6 Å². The number of nitrogens with one attached hydrogen (secondary N) is 1. The summed E-state index contributed by atoms with van der Waals surface area (Å²) in [6.07, 6.45) is 3.60. The summed E-state index contributed by atoms with van der Waals surface area (Å²) in [5.41, 5.74) is 0.662. The molecule has 2 saturated carbocycles. The van der Waals surface area contributed by atoms with Gasteiger partial charge in [-0.3, -0.25) is 4.79 Å². The normalized spacial score (nSPS) is 18.0. The number of hydrogen-bond acceptors (Lipinski definition) is 4. The van der Waals surface area contributed by atoms with Crippen molar-refractivity contribution in [3.05, 3.63) is 40.9 Å². The van der Waals surface area contributed by atoms with Gasteiger partial charge >= 0.3 is 5.97 Å². The summed E-state index contributed by atoms with van der Waals surface area (Å²) in [7, 11) is 0. The lowest BCUT2D eigenvalue weighted by Crippen LogP contribution is -2.42. The van der Waals surface area contributed by atoms with Crippen molar-refractivity contribution < 1.29 is 14.7 Å². The second-order valence-electron chi connectivity index (χ2n) is 6.56. The average Bonchev–Trinajstić information content (AvgIpc) is 3.51. The van der Waals surface area contributed by atoms with Crippen LogP contribution in [0.2, 0.25) is 5.02 Å². The van der Waals surface area contributed by atoms with Crippen molar-refractivity contribution in [2.24, 2.45) is 5.92 Å².